The lowest BCUT2D eigenvalue weighted by atomic mass is 10.2. The Morgan fingerprint density at radius 1 is 1.33 bits per heavy atom. The number of ether oxygens (including phenoxy) is 2. The molecule has 1 rings (SSSR count). The molecular weight excluding hydrogens is 300 g/mol. The van der Waals surface area contributed by atoms with Gasteiger partial charge in [0.25, 0.3) is 0 Å². The van der Waals surface area contributed by atoms with Gasteiger partial charge >= 0.3 is 0 Å². The number of methoxy groups -OCH3 is 2. The Labute approximate surface area is 122 Å². The summed E-state index contributed by atoms with van der Waals surface area (Å²) in [6, 6.07) is 2.56. The van der Waals surface area contributed by atoms with Gasteiger partial charge in [0.15, 0.2) is 11.5 Å². The van der Waals surface area contributed by atoms with Gasteiger partial charge < -0.3 is 15.2 Å². The highest BCUT2D eigenvalue weighted by Crippen LogP contribution is 2.29. The molecule has 115 valence electrons. The minimum absolute atomic E-state index is 0.148. The molecule has 0 saturated carbocycles. The second kappa shape index (κ2) is 7.04. The summed E-state index contributed by atoms with van der Waals surface area (Å²) >= 11 is 0. The van der Waals surface area contributed by atoms with E-state index < -0.39 is 28.4 Å². The second-order valence-corrected chi connectivity index (χ2v) is 5.69. The van der Waals surface area contributed by atoms with Crippen molar-refractivity contribution in [1.29, 1.82) is 0 Å². The number of sulfonamides is 1. The Bertz CT molecular complexity index is 629. The summed E-state index contributed by atoms with van der Waals surface area (Å²) in [6.07, 6.45) is 0.937. The van der Waals surface area contributed by atoms with E-state index in [1.807, 2.05) is 4.72 Å². The monoisotopic (exact) mass is 315 g/mol. The van der Waals surface area contributed by atoms with Crippen molar-refractivity contribution in [3.05, 3.63) is 18.2 Å². The van der Waals surface area contributed by atoms with Gasteiger partial charge in [0.1, 0.15) is 0 Å². The van der Waals surface area contributed by atoms with Gasteiger partial charge in [-0.25, -0.2) is 8.42 Å². The number of nitrogens with two attached hydrogens (primary N) is 1. The van der Waals surface area contributed by atoms with Crippen LogP contribution < -0.4 is 19.9 Å². The van der Waals surface area contributed by atoms with Gasteiger partial charge in [-0.2, -0.15) is 4.72 Å². The van der Waals surface area contributed by atoms with Crippen LogP contribution in [0.3, 0.4) is 0 Å². The molecular formula is C12H15N2O6S. The van der Waals surface area contributed by atoms with E-state index in [4.69, 9.17) is 15.2 Å². The van der Waals surface area contributed by atoms with Crippen molar-refractivity contribution in [2.45, 2.75) is 17.4 Å². The zero-order valence-electron chi connectivity index (χ0n) is 11.5. The smallest absolute Gasteiger partial charge is 0.241 e. The van der Waals surface area contributed by atoms with Crippen molar-refractivity contribution in [2.24, 2.45) is 5.73 Å². The van der Waals surface area contributed by atoms with Gasteiger partial charge in [-0.05, 0) is 12.1 Å². The van der Waals surface area contributed by atoms with Gasteiger partial charge in [0.05, 0.1) is 31.6 Å². The fraction of sp³-hybridized carbons (Fsp3) is 0.333. The van der Waals surface area contributed by atoms with Crippen LogP contribution in [-0.2, 0) is 19.6 Å². The van der Waals surface area contributed by atoms with Crippen LogP contribution in [-0.4, -0.2) is 40.9 Å². The molecule has 0 unspecified atom stereocenters. The summed E-state index contributed by atoms with van der Waals surface area (Å²) in [5.74, 6) is -0.257. The summed E-state index contributed by atoms with van der Waals surface area (Å²) < 4.78 is 36.2. The van der Waals surface area contributed by atoms with Crippen LogP contribution >= 0.6 is 0 Å². The third-order valence-electron chi connectivity index (χ3n) is 2.51. The number of nitrogens with one attached hydrogen (secondary N) is 1. The van der Waals surface area contributed by atoms with E-state index in [1.54, 1.807) is 0 Å². The number of hydrogen-bond donors (Lipinski definition) is 2. The van der Waals surface area contributed by atoms with Gasteiger partial charge in [0, 0.05) is 6.07 Å². The fourth-order valence-corrected chi connectivity index (χ4v) is 2.70. The van der Waals surface area contributed by atoms with Gasteiger partial charge in [0.2, 0.25) is 22.2 Å². The normalized spacial score (nSPS) is 12.5. The molecule has 1 radical (unpaired) electrons. The predicted octanol–water partition coefficient (Wildman–Crippen LogP) is -0.664. The van der Waals surface area contributed by atoms with E-state index in [-0.39, 0.29) is 10.6 Å². The minimum atomic E-state index is -4.03. The van der Waals surface area contributed by atoms with Crippen LogP contribution in [0.25, 0.3) is 0 Å². The molecule has 0 fully saturated rings. The molecule has 0 aliphatic rings. The zero-order chi connectivity index (χ0) is 16.0. The first-order valence-corrected chi connectivity index (χ1v) is 7.22. The average Bonchev–Trinajstić information content (AvgIpc) is 2.44. The van der Waals surface area contributed by atoms with Crippen LogP contribution in [0, 0.1) is 0 Å². The van der Waals surface area contributed by atoms with Crippen LogP contribution in [0.2, 0.25) is 0 Å². The lowest BCUT2D eigenvalue weighted by Gasteiger charge is -2.13. The molecule has 0 saturated heterocycles. The van der Waals surface area contributed by atoms with Gasteiger partial charge in [-0.3, -0.25) is 9.59 Å². The van der Waals surface area contributed by atoms with E-state index in [1.165, 1.54) is 38.7 Å². The zero-order valence-corrected chi connectivity index (χ0v) is 12.3. The minimum Gasteiger partial charge on any atom is -0.493 e. The number of hydrogen-bond acceptors (Lipinski definition) is 6. The first-order chi connectivity index (χ1) is 9.83. The topological polar surface area (TPSA) is 125 Å². The maximum atomic E-state index is 12.1. The Balaban J connectivity index is 3.07. The largest absolute Gasteiger partial charge is 0.493 e. The predicted molar refractivity (Wildman–Crippen MR) is 73.2 cm³/mol. The molecule has 9 heteroatoms. The van der Waals surface area contributed by atoms with Crippen molar-refractivity contribution in [3.63, 3.8) is 0 Å². The first-order valence-electron chi connectivity index (χ1n) is 5.74. The quantitative estimate of drug-likeness (QED) is 0.656. The molecule has 1 aromatic rings. The maximum absolute atomic E-state index is 12.1. The molecule has 1 aromatic carbocycles. The second-order valence-electron chi connectivity index (χ2n) is 3.98. The highest BCUT2D eigenvalue weighted by molar-refractivity contribution is 7.89. The molecule has 21 heavy (non-hydrogen) atoms. The molecule has 0 aromatic heterocycles. The van der Waals surface area contributed by atoms with E-state index in [9.17, 15) is 18.0 Å². The van der Waals surface area contributed by atoms with Gasteiger partial charge in [-0.1, -0.05) is 0 Å². The number of benzene rings is 1. The summed E-state index contributed by atoms with van der Waals surface area (Å²) in [6.45, 7) is 0. The van der Waals surface area contributed by atoms with Crippen molar-refractivity contribution in [2.75, 3.05) is 14.2 Å². The van der Waals surface area contributed by atoms with Gasteiger partial charge in [-0.15, -0.1) is 0 Å². The molecule has 0 aliphatic carbocycles. The van der Waals surface area contributed by atoms with E-state index in [0.29, 0.717) is 5.75 Å². The summed E-state index contributed by atoms with van der Waals surface area (Å²) in [4.78, 5) is 21.3. The standard InChI is InChI=1S/C12H15N2O6S/c1-19-10-4-3-9(6-11(10)20-2)21(17,18)14-8(7-15)5-12(13)16/h3-4,6,8,14H,5H2,1-2H3,(H2,13,16)/t8-/m0/s1. The summed E-state index contributed by atoms with van der Waals surface area (Å²) in [7, 11) is -1.26. The molecule has 0 heterocycles. The summed E-state index contributed by atoms with van der Waals surface area (Å²) in [5, 5.41) is 0. The Kier molecular flexibility index (Phi) is 5.68. The molecule has 0 spiro atoms. The number of primary amides is 1. The number of amides is 1. The molecule has 8 nitrogen and oxygen atoms in total. The van der Waals surface area contributed by atoms with Crippen LogP contribution in [0.4, 0.5) is 0 Å². The lowest BCUT2D eigenvalue weighted by molar-refractivity contribution is -0.118. The molecule has 0 aliphatic heterocycles. The van der Waals surface area contributed by atoms with Crippen molar-refractivity contribution in [3.8, 4) is 11.5 Å². The average molecular weight is 315 g/mol. The number of carbonyl (C=O) groups is 1. The molecule has 1 amide bonds. The van der Waals surface area contributed by atoms with Crippen molar-refractivity contribution < 1.29 is 27.5 Å². The highest BCUT2D eigenvalue weighted by Gasteiger charge is 2.23. The number of rotatable bonds is 8. The molecule has 1 atom stereocenters. The van der Waals surface area contributed by atoms with Crippen molar-refractivity contribution >= 4 is 22.2 Å². The van der Waals surface area contributed by atoms with Crippen LogP contribution in [0.5, 0.6) is 11.5 Å². The third-order valence-corrected chi connectivity index (χ3v) is 3.98. The SMILES string of the molecule is COc1ccc(S(=O)(=O)N[C@H]([C]=O)CC(N)=O)cc1OC. The maximum Gasteiger partial charge on any atom is 0.241 e. The first kappa shape index (κ1) is 16.9. The van der Waals surface area contributed by atoms with E-state index >= 15 is 0 Å². The Hall–Kier alpha value is -2.13. The third kappa shape index (κ3) is 4.43. The molecule has 0 bridgehead atoms. The van der Waals surface area contributed by atoms with Crippen molar-refractivity contribution in [1.82, 2.24) is 4.72 Å². The summed E-state index contributed by atoms with van der Waals surface area (Å²) in [5.41, 5.74) is 4.92. The van der Waals surface area contributed by atoms with E-state index in [0.717, 1.165) is 0 Å². The Morgan fingerprint density at radius 3 is 2.43 bits per heavy atom. The van der Waals surface area contributed by atoms with Crippen LogP contribution in [0.1, 0.15) is 6.42 Å². The highest BCUT2D eigenvalue weighted by atomic mass is 32.2. The Morgan fingerprint density at radius 2 is 1.95 bits per heavy atom. The molecule has 3 N–H and O–H groups in total. The lowest BCUT2D eigenvalue weighted by Crippen LogP contribution is -2.38. The number of carbonyl (C=O) groups excluding carboxylic acids is 2. The van der Waals surface area contributed by atoms with E-state index in [2.05, 4.69) is 0 Å². The fourth-order valence-electron chi connectivity index (χ4n) is 1.55. The van der Waals surface area contributed by atoms with Crippen LogP contribution in [0.15, 0.2) is 23.1 Å².